The van der Waals surface area contributed by atoms with Gasteiger partial charge >= 0.3 is 0 Å². The van der Waals surface area contributed by atoms with Gasteiger partial charge in [-0.15, -0.1) is 0 Å². The van der Waals surface area contributed by atoms with E-state index >= 15 is 0 Å². The Labute approximate surface area is 136 Å². The van der Waals surface area contributed by atoms with Crippen LogP contribution in [0.4, 0.5) is 0 Å². The molecule has 6 heteroatoms. The van der Waals surface area contributed by atoms with Crippen molar-refractivity contribution < 1.29 is 4.79 Å². The molecule has 0 spiro atoms. The van der Waals surface area contributed by atoms with E-state index in [9.17, 15) is 4.79 Å². The molecule has 1 aromatic heterocycles. The lowest BCUT2D eigenvalue weighted by Gasteiger charge is -2.11. The molecule has 0 bridgehead atoms. The number of hydrogen-bond donors (Lipinski definition) is 3. The first kappa shape index (κ1) is 16.7. The van der Waals surface area contributed by atoms with Gasteiger partial charge in [0.2, 0.25) is 5.91 Å². The summed E-state index contributed by atoms with van der Waals surface area (Å²) in [6, 6.07) is 9.94. The number of guanidine groups is 1. The summed E-state index contributed by atoms with van der Waals surface area (Å²) >= 11 is 0. The lowest BCUT2D eigenvalue weighted by atomic mass is 9.98. The zero-order valence-electron chi connectivity index (χ0n) is 13.3. The second-order valence-corrected chi connectivity index (χ2v) is 5.51. The van der Waals surface area contributed by atoms with Gasteiger partial charge in [0.15, 0.2) is 5.96 Å². The van der Waals surface area contributed by atoms with Gasteiger partial charge in [-0.1, -0.05) is 37.3 Å². The van der Waals surface area contributed by atoms with Crippen LogP contribution >= 0.6 is 0 Å². The summed E-state index contributed by atoms with van der Waals surface area (Å²) < 4.78 is 0. The Bertz CT molecular complexity index is 622. The van der Waals surface area contributed by atoms with Crippen molar-refractivity contribution in [3.63, 3.8) is 0 Å². The van der Waals surface area contributed by atoms with Crippen LogP contribution in [0.25, 0.3) is 0 Å². The topological polar surface area (TPSA) is 96.2 Å². The second-order valence-electron chi connectivity index (χ2n) is 5.51. The van der Waals surface area contributed by atoms with E-state index in [4.69, 9.17) is 5.73 Å². The number of aryl methyl sites for hydroxylation is 1. The number of amides is 1. The fourth-order valence-corrected chi connectivity index (χ4v) is 2.30. The van der Waals surface area contributed by atoms with Gasteiger partial charge in [-0.3, -0.25) is 15.1 Å². The average Bonchev–Trinajstić information content (AvgIpc) is 3.05. The maximum Gasteiger partial charge on any atom is 0.227 e. The molecule has 1 atom stereocenters. The third-order valence-electron chi connectivity index (χ3n) is 3.57. The summed E-state index contributed by atoms with van der Waals surface area (Å²) in [5, 5.41) is 2.64. The molecule has 2 aromatic rings. The highest BCUT2D eigenvalue weighted by atomic mass is 16.1. The number of nitrogens with two attached hydrogens (primary N) is 1. The zero-order valence-corrected chi connectivity index (χ0v) is 13.3. The van der Waals surface area contributed by atoms with Crippen LogP contribution in [0.15, 0.2) is 47.8 Å². The third-order valence-corrected chi connectivity index (χ3v) is 3.57. The minimum absolute atomic E-state index is 0.115. The largest absolute Gasteiger partial charge is 0.370 e. The molecule has 0 aliphatic heterocycles. The highest BCUT2D eigenvalue weighted by Crippen LogP contribution is 2.17. The summed E-state index contributed by atoms with van der Waals surface area (Å²) in [6.07, 6.45) is 5.53. The summed E-state index contributed by atoms with van der Waals surface area (Å²) in [4.78, 5) is 23.1. The molecule has 0 radical (unpaired) electrons. The number of H-pyrrole nitrogens is 1. The predicted octanol–water partition coefficient (Wildman–Crippen LogP) is 1.97. The minimum Gasteiger partial charge on any atom is -0.370 e. The normalized spacial score (nSPS) is 12.8. The number of carbonyl (C=O) groups excluding carboxylic acids is 1. The van der Waals surface area contributed by atoms with Crippen molar-refractivity contribution in [1.82, 2.24) is 15.3 Å². The molecule has 6 nitrogen and oxygen atoms in total. The Morgan fingerprint density at radius 2 is 2.17 bits per heavy atom. The van der Waals surface area contributed by atoms with Crippen LogP contribution in [0, 0.1) is 0 Å². The van der Waals surface area contributed by atoms with E-state index < -0.39 is 0 Å². The first-order chi connectivity index (χ1) is 11.1. The molecule has 0 saturated heterocycles. The molecule has 0 aliphatic rings. The quantitative estimate of drug-likeness (QED) is 0.414. The van der Waals surface area contributed by atoms with E-state index in [1.807, 2.05) is 37.3 Å². The van der Waals surface area contributed by atoms with Gasteiger partial charge in [-0.05, 0) is 24.3 Å². The van der Waals surface area contributed by atoms with Crippen LogP contribution in [0.5, 0.6) is 0 Å². The Hall–Kier alpha value is -2.63. The Balaban J connectivity index is 1.70. The molecule has 2 rings (SSSR count). The number of carbonyl (C=O) groups is 1. The summed E-state index contributed by atoms with van der Waals surface area (Å²) in [6.45, 7) is 2.59. The van der Waals surface area contributed by atoms with Gasteiger partial charge in [0.1, 0.15) is 0 Å². The van der Waals surface area contributed by atoms with E-state index in [1.54, 1.807) is 12.5 Å². The minimum atomic E-state index is -0.115. The predicted molar refractivity (Wildman–Crippen MR) is 91.0 cm³/mol. The van der Waals surface area contributed by atoms with E-state index in [0.29, 0.717) is 13.0 Å². The molecule has 23 heavy (non-hydrogen) atoms. The maximum atomic E-state index is 12.0. The standard InChI is InChI=1S/C17H23N5O/c1-13(14-6-3-2-4-7-14)10-16(23)22-17(18)20-9-5-8-15-11-19-12-21-15/h2-4,6-7,11-13H,5,8-10H2,1H3,(H,19,21)(H3,18,20,22,23). The van der Waals surface area contributed by atoms with Crippen LogP contribution in [-0.4, -0.2) is 28.4 Å². The second kappa shape index (κ2) is 8.73. The third kappa shape index (κ3) is 5.94. The number of rotatable bonds is 7. The van der Waals surface area contributed by atoms with Crippen molar-refractivity contribution in [3.8, 4) is 0 Å². The van der Waals surface area contributed by atoms with Gasteiger partial charge in [0, 0.05) is 24.9 Å². The van der Waals surface area contributed by atoms with E-state index in [-0.39, 0.29) is 17.8 Å². The molecule has 0 aliphatic carbocycles. The lowest BCUT2D eigenvalue weighted by molar-refractivity contribution is -0.120. The molecule has 1 unspecified atom stereocenters. The smallest absolute Gasteiger partial charge is 0.227 e. The molecule has 1 heterocycles. The van der Waals surface area contributed by atoms with Crippen molar-refractivity contribution in [2.24, 2.45) is 10.7 Å². The van der Waals surface area contributed by atoms with E-state index in [1.165, 1.54) is 0 Å². The van der Waals surface area contributed by atoms with Crippen molar-refractivity contribution >= 4 is 11.9 Å². The van der Waals surface area contributed by atoms with E-state index in [2.05, 4.69) is 20.3 Å². The number of imidazole rings is 1. The van der Waals surface area contributed by atoms with Crippen molar-refractivity contribution in [3.05, 3.63) is 54.1 Å². The number of aromatic nitrogens is 2. The first-order valence-corrected chi connectivity index (χ1v) is 7.77. The van der Waals surface area contributed by atoms with E-state index in [0.717, 1.165) is 24.1 Å². The van der Waals surface area contributed by atoms with Crippen molar-refractivity contribution in [1.29, 1.82) is 0 Å². The van der Waals surface area contributed by atoms with Gasteiger partial charge in [-0.25, -0.2) is 4.98 Å². The van der Waals surface area contributed by atoms with Crippen LogP contribution in [0.2, 0.25) is 0 Å². The molecular weight excluding hydrogens is 290 g/mol. The number of aliphatic imine (C=N–C) groups is 1. The Morgan fingerprint density at radius 3 is 2.87 bits per heavy atom. The molecule has 0 saturated carbocycles. The van der Waals surface area contributed by atoms with Gasteiger partial charge in [0.05, 0.1) is 6.33 Å². The average molecular weight is 313 g/mol. The van der Waals surface area contributed by atoms with Crippen molar-refractivity contribution in [2.75, 3.05) is 6.54 Å². The zero-order chi connectivity index (χ0) is 16.5. The highest BCUT2D eigenvalue weighted by molar-refractivity contribution is 5.96. The van der Waals surface area contributed by atoms with Crippen LogP contribution < -0.4 is 11.1 Å². The van der Waals surface area contributed by atoms with Crippen LogP contribution in [-0.2, 0) is 11.2 Å². The number of hydrogen-bond acceptors (Lipinski definition) is 3. The van der Waals surface area contributed by atoms with Gasteiger partial charge in [-0.2, -0.15) is 0 Å². The molecule has 4 N–H and O–H groups in total. The van der Waals surface area contributed by atoms with Crippen LogP contribution in [0.3, 0.4) is 0 Å². The fraction of sp³-hybridized carbons (Fsp3) is 0.353. The maximum absolute atomic E-state index is 12.0. The summed E-state index contributed by atoms with van der Waals surface area (Å²) in [5.74, 6) is 0.209. The number of nitrogens with one attached hydrogen (secondary N) is 2. The number of nitrogens with zero attached hydrogens (tertiary/aromatic N) is 2. The van der Waals surface area contributed by atoms with Gasteiger partial charge in [0.25, 0.3) is 0 Å². The highest BCUT2D eigenvalue weighted by Gasteiger charge is 2.11. The summed E-state index contributed by atoms with van der Waals surface area (Å²) in [7, 11) is 0. The lowest BCUT2D eigenvalue weighted by Crippen LogP contribution is -2.37. The SMILES string of the molecule is CC(CC(=O)NC(N)=NCCCc1cnc[nH]1)c1ccccc1. The molecule has 0 fully saturated rings. The van der Waals surface area contributed by atoms with Crippen molar-refractivity contribution in [2.45, 2.75) is 32.1 Å². The number of aromatic amines is 1. The summed E-state index contributed by atoms with van der Waals surface area (Å²) in [5.41, 5.74) is 7.95. The monoisotopic (exact) mass is 313 g/mol. The number of benzene rings is 1. The molecular formula is C17H23N5O. The molecule has 122 valence electrons. The molecule has 1 aromatic carbocycles. The Morgan fingerprint density at radius 1 is 1.39 bits per heavy atom. The van der Waals surface area contributed by atoms with Crippen LogP contribution in [0.1, 0.15) is 36.9 Å². The fourth-order valence-electron chi connectivity index (χ4n) is 2.30. The molecule has 1 amide bonds. The Kier molecular flexibility index (Phi) is 6.35. The van der Waals surface area contributed by atoms with Gasteiger partial charge < -0.3 is 10.7 Å². The first-order valence-electron chi connectivity index (χ1n) is 7.77.